The van der Waals surface area contributed by atoms with Crippen LogP contribution in [0.4, 0.5) is 0 Å². The Bertz CT molecular complexity index is 772. The number of benzene rings is 2. The second kappa shape index (κ2) is 6.39. The molecule has 1 fully saturated rings. The number of allylic oxidation sites excluding steroid dienone is 1. The first-order valence-electron chi connectivity index (χ1n) is 9.16. The van der Waals surface area contributed by atoms with E-state index < -0.39 is 0 Å². The van der Waals surface area contributed by atoms with Crippen LogP contribution in [0.5, 0.6) is 0 Å². The molecule has 2 aliphatic rings. The van der Waals surface area contributed by atoms with Crippen LogP contribution in [0.2, 0.25) is 0 Å². The molecule has 0 amide bonds. The molecule has 122 valence electrons. The lowest BCUT2D eigenvalue weighted by atomic mass is 9.67. The summed E-state index contributed by atoms with van der Waals surface area (Å²) in [4.78, 5) is 0. The molecular formula is C23H25N. The summed E-state index contributed by atoms with van der Waals surface area (Å²) in [7, 11) is 0. The van der Waals surface area contributed by atoms with E-state index >= 15 is 0 Å². The molecule has 3 atom stereocenters. The van der Waals surface area contributed by atoms with Gasteiger partial charge in [-0.1, -0.05) is 79.1 Å². The van der Waals surface area contributed by atoms with Crippen LogP contribution in [-0.4, -0.2) is 5.71 Å². The van der Waals surface area contributed by atoms with Gasteiger partial charge in [-0.25, -0.2) is 0 Å². The van der Waals surface area contributed by atoms with Gasteiger partial charge in [-0.15, -0.1) is 0 Å². The summed E-state index contributed by atoms with van der Waals surface area (Å²) in [5.41, 5.74) is 6.29. The first-order chi connectivity index (χ1) is 11.8. The number of hydrogen-bond acceptors (Lipinski definition) is 1. The first-order valence-corrected chi connectivity index (χ1v) is 9.16. The highest BCUT2D eigenvalue weighted by Gasteiger charge is 2.38. The zero-order valence-electron chi connectivity index (χ0n) is 14.3. The second-order valence-electron chi connectivity index (χ2n) is 7.33. The Labute approximate surface area is 144 Å². The fourth-order valence-corrected chi connectivity index (χ4v) is 4.82. The van der Waals surface area contributed by atoms with Gasteiger partial charge in [0, 0.05) is 17.5 Å². The monoisotopic (exact) mass is 315 g/mol. The molecule has 1 N–H and O–H groups in total. The summed E-state index contributed by atoms with van der Waals surface area (Å²) in [6.07, 6.45) is 7.31. The average molecular weight is 315 g/mol. The minimum absolute atomic E-state index is 0.376. The van der Waals surface area contributed by atoms with Gasteiger partial charge in [0.2, 0.25) is 0 Å². The summed E-state index contributed by atoms with van der Waals surface area (Å²) < 4.78 is 0. The maximum Gasteiger partial charge on any atom is 0.0420 e. The number of hydrogen-bond donors (Lipinski definition) is 1. The zero-order chi connectivity index (χ0) is 16.5. The normalized spacial score (nSPS) is 25.9. The van der Waals surface area contributed by atoms with Crippen LogP contribution in [0, 0.1) is 17.2 Å². The lowest BCUT2D eigenvalue weighted by Gasteiger charge is -2.37. The molecule has 1 nitrogen and oxygen atoms in total. The lowest BCUT2D eigenvalue weighted by Crippen LogP contribution is -2.31. The van der Waals surface area contributed by atoms with E-state index in [9.17, 15) is 0 Å². The Morgan fingerprint density at radius 3 is 2.46 bits per heavy atom. The van der Waals surface area contributed by atoms with Crippen molar-refractivity contribution in [2.45, 2.75) is 38.5 Å². The van der Waals surface area contributed by atoms with Crippen molar-refractivity contribution in [2.24, 2.45) is 11.8 Å². The number of rotatable bonds is 3. The van der Waals surface area contributed by atoms with Crippen LogP contribution >= 0.6 is 0 Å². The molecule has 0 aromatic heterocycles. The summed E-state index contributed by atoms with van der Waals surface area (Å²) in [5, 5.41) is 8.85. The van der Waals surface area contributed by atoms with E-state index in [0.29, 0.717) is 17.8 Å². The van der Waals surface area contributed by atoms with Crippen LogP contribution in [0.3, 0.4) is 0 Å². The summed E-state index contributed by atoms with van der Waals surface area (Å²) in [6.45, 7) is 2.28. The maximum absolute atomic E-state index is 8.85. The molecule has 3 unspecified atom stereocenters. The van der Waals surface area contributed by atoms with Crippen molar-refractivity contribution in [3.05, 3.63) is 76.9 Å². The molecule has 24 heavy (non-hydrogen) atoms. The first kappa shape index (κ1) is 15.4. The van der Waals surface area contributed by atoms with E-state index in [1.54, 1.807) is 0 Å². The van der Waals surface area contributed by atoms with E-state index in [1.165, 1.54) is 36.0 Å². The topological polar surface area (TPSA) is 23.9 Å². The molecule has 0 heterocycles. The van der Waals surface area contributed by atoms with Crippen LogP contribution in [0.15, 0.2) is 60.2 Å². The standard InChI is InChI=1S/C23H25N/c1-16-15-18-11-5-6-12-19(18)22(16)20-13-7-8-14-21(20)23(24)17-9-3-2-4-10-17/h2-6,9-12,15,20-22,24H,7-8,13-14H2,1H3. The molecule has 4 rings (SSSR count). The van der Waals surface area contributed by atoms with Crippen LogP contribution < -0.4 is 0 Å². The van der Waals surface area contributed by atoms with E-state index in [4.69, 9.17) is 5.41 Å². The Balaban J connectivity index is 1.68. The Kier molecular flexibility index (Phi) is 4.10. The van der Waals surface area contributed by atoms with Gasteiger partial charge >= 0.3 is 0 Å². The summed E-state index contributed by atoms with van der Waals surface area (Å²) in [6, 6.07) is 19.2. The van der Waals surface area contributed by atoms with Crippen molar-refractivity contribution in [1.82, 2.24) is 0 Å². The highest BCUT2D eigenvalue weighted by Crippen LogP contribution is 2.48. The van der Waals surface area contributed by atoms with Gasteiger partial charge in [0.25, 0.3) is 0 Å². The second-order valence-corrected chi connectivity index (χ2v) is 7.33. The van der Waals surface area contributed by atoms with Gasteiger partial charge in [-0.05, 0) is 42.4 Å². The van der Waals surface area contributed by atoms with Crippen LogP contribution in [0.1, 0.15) is 55.2 Å². The molecular weight excluding hydrogens is 290 g/mol. The molecule has 0 radical (unpaired) electrons. The Morgan fingerprint density at radius 1 is 0.917 bits per heavy atom. The fraction of sp³-hybridized carbons (Fsp3) is 0.348. The largest absolute Gasteiger partial charge is 0.304 e. The quantitative estimate of drug-likeness (QED) is 0.665. The van der Waals surface area contributed by atoms with Crippen molar-refractivity contribution in [1.29, 1.82) is 5.41 Å². The van der Waals surface area contributed by atoms with E-state index in [0.717, 1.165) is 17.7 Å². The molecule has 0 bridgehead atoms. The van der Waals surface area contributed by atoms with E-state index in [1.807, 2.05) is 6.07 Å². The molecule has 2 aromatic rings. The third-order valence-electron chi connectivity index (χ3n) is 5.91. The zero-order valence-corrected chi connectivity index (χ0v) is 14.3. The van der Waals surface area contributed by atoms with Gasteiger partial charge in [-0.2, -0.15) is 0 Å². The predicted octanol–water partition coefficient (Wildman–Crippen LogP) is 6.06. The van der Waals surface area contributed by atoms with Crippen LogP contribution in [0.25, 0.3) is 6.08 Å². The van der Waals surface area contributed by atoms with Crippen LogP contribution in [-0.2, 0) is 0 Å². The molecule has 0 aliphatic heterocycles. The molecule has 0 saturated heterocycles. The minimum Gasteiger partial charge on any atom is -0.304 e. The SMILES string of the molecule is CC1=Cc2ccccc2C1C1CCCCC1C(=N)c1ccccc1. The third kappa shape index (κ3) is 2.62. The fourth-order valence-electron chi connectivity index (χ4n) is 4.82. The third-order valence-corrected chi connectivity index (χ3v) is 5.91. The molecule has 1 saturated carbocycles. The molecule has 1 heteroatoms. The maximum atomic E-state index is 8.85. The minimum atomic E-state index is 0.376. The van der Waals surface area contributed by atoms with E-state index in [-0.39, 0.29) is 0 Å². The molecule has 2 aromatic carbocycles. The highest BCUT2D eigenvalue weighted by atomic mass is 14.5. The van der Waals surface area contributed by atoms with Crippen molar-refractivity contribution in [3.63, 3.8) is 0 Å². The number of nitrogens with one attached hydrogen (secondary N) is 1. The smallest absolute Gasteiger partial charge is 0.0420 e. The lowest BCUT2D eigenvalue weighted by molar-refractivity contribution is 0.273. The summed E-state index contributed by atoms with van der Waals surface area (Å²) >= 11 is 0. The summed E-state index contributed by atoms with van der Waals surface area (Å²) in [5.74, 6) is 1.43. The van der Waals surface area contributed by atoms with Crippen molar-refractivity contribution < 1.29 is 0 Å². The van der Waals surface area contributed by atoms with Gasteiger partial charge in [-0.3, -0.25) is 0 Å². The molecule has 0 spiro atoms. The van der Waals surface area contributed by atoms with E-state index in [2.05, 4.69) is 61.5 Å². The predicted molar refractivity (Wildman–Crippen MR) is 102 cm³/mol. The molecule has 2 aliphatic carbocycles. The Morgan fingerprint density at radius 2 is 1.62 bits per heavy atom. The number of fused-ring (bicyclic) bond motifs is 1. The Hall–Kier alpha value is -2.15. The van der Waals surface area contributed by atoms with Gasteiger partial charge in [0.05, 0.1) is 0 Å². The van der Waals surface area contributed by atoms with Crippen molar-refractivity contribution in [3.8, 4) is 0 Å². The van der Waals surface area contributed by atoms with Crippen molar-refractivity contribution >= 4 is 11.8 Å². The van der Waals surface area contributed by atoms with Gasteiger partial charge in [0.15, 0.2) is 0 Å². The van der Waals surface area contributed by atoms with Gasteiger partial charge < -0.3 is 5.41 Å². The highest BCUT2D eigenvalue weighted by molar-refractivity contribution is 6.00. The van der Waals surface area contributed by atoms with Crippen molar-refractivity contribution in [2.75, 3.05) is 0 Å². The van der Waals surface area contributed by atoms with Gasteiger partial charge in [0.1, 0.15) is 0 Å². The average Bonchev–Trinajstić information content (AvgIpc) is 2.97.